The van der Waals surface area contributed by atoms with Crippen molar-refractivity contribution >= 4 is 23.3 Å². The SMILES string of the molecule is CC(NC(=O)NCCC1CC1)c1nc(C(=O)O)cs1. The average Bonchev–Trinajstić information content (AvgIpc) is 3.03. The van der Waals surface area contributed by atoms with Crippen LogP contribution in [-0.2, 0) is 0 Å². The van der Waals surface area contributed by atoms with Crippen molar-refractivity contribution in [2.75, 3.05) is 6.54 Å². The molecule has 2 rings (SSSR count). The number of amides is 2. The zero-order valence-electron chi connectivity index (χ0n) is 10.7. The fourth-order valence-electron chi connectivity index (χ4n) is 1.69. The highest BCUT2D eigenvalue weighted by molar-refractivity contribution is 7.09. The Morgan fingerprint density at radius 1 is 1.58 bits per heavy atom. The highest BCUT2D eigenvalue weighted by atomic mass is 32.1. The molecule has 7 heteroatoms. The number of nitrogens with zero attached hydrogens (tertiary/aromatic N) is 1. The number of rotatable bonds is 6. The van der Waals surface area contributed by atoms with Gasteiger partial charge in [-0.15, -0.1) is 11.3 Å². The Kier molecular flexibility index (Phi) is 4.36. The van der Waals surface area contributed by atoms with Gasteiger partial charge in [0.25, 0.3) is 0 Å². The quantitative estimate of drug-likeness (QED) is 0.744. The molecule has 0 radical (unpaired) electrons. The number of hydrogen-bond donors (Lipinski definition) is 3. The van der Waals surface area contributed by atoms with Crippen LogP contribution >= 0.6 is 11.3 Å². The van der Waals surface area contributed by atoms with Crippen LogP contribution in [0.1, 0.15) is 47.7 Å². The molecule has 0 saturated heterocycles. The van der Waals surface area contributed by atoms with Crippen LogP contribution in [0.3, 0.4) is 0 Å². The first-order valence-corrected chi connectivity index (χ1v) is 7.17. The third-order valence-corrected chi connectivity index (χ3v) is 4.02. The molecule has 0 spiro atoms. The summed E-state index contributed by atoms with van der Waals surface area (Å²) < 4.78 is 0. The van der Waals surface area contributed by atoms with E-state index < -0.39 is 5.97 Å². The van der Waals surface area contributed by atoms with Crippen LogP contribution in [0.2, 0.25) is 0 Å². The molecule has 1 aromatic heterocycles. The first kappa shape index (κ1) is 13.8. The topological polar surface area (TPSA) is 91.3 Å². The third kappa shape index (κ3) is 4.20. The largest absolute Gasteiger partial charge is 0.476 e. The Balaban J connectivity index is 1.76. The van der Waals surface area contributed by atoms with E-state index in [9.17, 15) is 9.59 Å². The number of nitrogens with one attached hydrogen (secondary N) is 2. The molecule has 3 N–H and O–H groups in total. The predicted molar refractivity (Wildman–Crippen MR) is 71.4 cm³/mol. The number of carboxylic acids is 1. The minimum Gasteiger partial charge on any atom is -0.476 e. The van der Waals surface area contributed by atoms with Gasteiger partial charge in [0, 0.05) is 11.9 Å². The smallest absolute Gasteiger partial charge is 0.355 e. The number of aromatic nitrogens is 1. The summed E-state index contributed by atoms with van der Waals surface area (Å²) in [5, 5.41) is 16.4. The van der Waals surface area contributed by atoms with Gasteiger partial charge in [-0.3, -0.25) is 0 Å². The predicted octanol–water partition coefficient (Wildman–Crippen LogP) is 2.00. The van der Waals surface area contributed by atoms with Crippen molar-refractivity contribution in [2.45, 2.75) is 32.2 Å². The monoisotopic (exact) mass is 283 g/mol. The number of urea groups is 1. The van der Waals surface area contributed by atoms with E-state index in [0.29, 0.717) is 11.6 Å². The van der Waals surface area contributed by atoms with Crippen molar-refractivity contribution in [3.05, 3.63) is 16.1 Å². The molecular formula is C12H17N3O3S. The van der Waals surface area contributed by atoms with Crippen molar-refractivity contribution in [1.29, 1.82) is 0 Å². The van der Waals surface area contributed by atoms with E-state index >= 15 is 0 Å². The maximum atomic E-state index is 11.6. The second kappa shape index (κ2) is 6.01. The summed E-state index contributed by atoms with van der Waals surface area (Å²) in [4.78, 5) is 26.3. The summed E-state index contributed by atoms with van der Waals surface area (Å²) in [7, 11) is 0. The number of carbonyl (C=O) groups excluding carboxylic acids is 1. The highest BCUT2D eigenvalue weighted by Gasteiger charge is 2.21. The lowest BCUT2D eigenvalue weighted by atomic mass is 10.3. The summed E-state index contributed by atoms with van der Waals surface area (Å²) in [6, 6.07) is -0.528. The molecule has 104 valence electrons. The van der Waals surface area contributed by atoms with Crippen LogP contribution in [0.4, 0.5) is 4.79 Å². The molecule has 19 heavy (non-hydrogen) atoms. The van der Waals surface area contributed by atoms with Gasteiger partial charge in [0.2, 0.25) is 0 Å². The number of aromatic carboxylic acids is 1. The highest BCUT2D eigenvalue weighted by Crippen LogP contribution is 2.31. The van der Waals surface area contributed by atoms with Crippen LogP contribution < -0.4 is 10.6 Å². The minimum absolute atomic E-state index is 0.0165. The maximum Gasteiger partial charge on any atom is 0.355 e. The van der Waals surface area contributed by atoms with Gasteiger partial charge in [-0.25, -0.2) is 14.6 Å². The molecule has 1 unspecified atom stereocenters. The lowest BCUT2D eigenvalue weighted by molar-refractivity contribution is 0.0691. The molecule has 1 aromatic rings. The summed E-state index contributed by atoms with van der Waals surface area (Å²) in [5.41, 5.74) is 0.0165. The molecular weight excluding hydrogens is 266 g/mol. The Morgan fingerprint density at radius 3 is 2.89 bits per heavy atom. The Bertz CT molecular complexity index is 471. The molecule has 2 amide bonds. The Morgan fingerprint density at radius 2 is 2.32 bits per heavy atom. The van der Waals surface area contributed by atoms with E-state index in [0.717, 1.165) is 12.3 Å². The van der Waals surface area contributed by atoms with Crippen LogP contribution in [0.25, 0.3) is 0 Å². The Hall–Kier alpha value is -1.63. The number of carboxylic acid groups (broad SMARTS) is 1. The fraction of sp³-hybridized carbons (Fsp3) is 0.583. The van der Waals surface area contributed by atoms with Crippen LogP contribution in [0.5, 0.6) is 0 Å². The van der Waals surface area contributed by atoms with Crippen LogP contribution in [0, 0.1) is 5.92 Å². The van der Waals surface area contributed by atoms with E-state index in [-0.39, 0.29) is 17.8 Å². The summed E-state index contributed by atoms with van der Waals surface area (Å²) in [6.07, 6.45) is 3.58. The molecule has 0 aromatic carbocycles. The number of carbonyl (C=O) groups is 2. The normalized spacial score (nSPS) is 15.8. The molecule has 1 heterocycles. The van der Waals surface area contributed by atoms with Gasteiger partial charge < -0.3 is 15.7 Å². The van der Waals surface area contributed by atoms with Gasteiger partial charge in [-0.2, -0.15) is 0 Å². The van der Waals surface area contributed by atoms with Gasteiger partial charge in [0.1, 0.15) is 5.01 Å². The van der Waals surface area contributed by atoms with E-state index in [1.54, 1.807) is 6.92 Å². The van der Waals surface area contributed by atoms with Gasteiger partial charge in [-0.1, -0.05) is 12.8 Å². The standard InChI is InChI=1S/C12H17N3O3S/c1-7(10-15-9(6-19-10)11(16)17)14-12(18)13-5-4-8-2-3-8/h6-8H,2-5H2,1H3,(H,16,17)(H2,13,14,18). The molecule has 0 aliphatic heterocycles. The first-order valence-electron chi connectivity index (χ1n) is 6.29. The molecule has 1 aliphatic carbocycles. The molecule has 0 bridgehead atoms. The van der Waals surface area contributed by atoms with Gasteiger partial charge in [0.05, 0.1) is 6.04 Å². The second-order valence-electron chi connectivity index (χ2n) is 4.73. The number of thiazole rings is 1. The van der Waals surface area contributed by atoms with Gasteiger partial charge in [0.15, 0.2) is 5.69 Å². The van der Waals surface area contributed by atoms with Crippen LogP contribution in [-0.4, -0.2) is 28.6 Å². The zero-order chi connectivity index (χ0) is 13.8. The average molecular weight is 283 g/mol. The van der Waals surface area contributed by atoms with Gasteiger partial charge in [-0.05, 0) is 19.3 Å². The lowest BCUT2D eigenvalue weighted by Crippen LogP contribution is -2.37. The molecule has 1 atom stereocenters. The van der Waals surface area contributed by atoms with Gasteiger partial charge >= 0.3 is 12.0 Å². The van der Waals surface area contributed by atoms with Crippen LogP contribution in [0.15, 0.2) is 5.38 Å². The fourth-order valence-corrected chi connectivity index (χ4v) is 2.49. The first-order chi connectivity index (χ1) is 9.06. The molecule has 1 aliphatic rings. The van der Waals surface area contributed by atoms with E-state index in [2.05, 4.69) is 15.6 Å². The van der Waals surface area contributed by atoms with Crippen molar-refractivity contribution in [3.63, 3.8) is 0 Å². The van der Waals surface area contributed by atoms with E-state index in [1.165, 1.54) is 29.6 Å². The minimum atomic E-state index is -1.05. The Labute approximate surface area is 115 Å². The summed E-state index contributed by atoms with van der Waals surface area (Å²) in [5.74, 6) is -0.265. The van der Waals surface area contributed by atoms with E-state index in [1.807, 2.05) is 0 Å². The molecule has 6 nitrogen and oxygen atoms in total. The van der Waals surface area contributed by atoms with Crippen molar-refractivity contribution in [3.8, 4) is 0 Å². The van der Waals surface area contributed by atoms with Crippen molar-refractivity contribution < 1.29 is 14.7 Å². The maximum absolute atomic E-state index is 11.6. The molecule has 1 fully saturated rings. The third-order valence-electron chi connectivity index (χ3n) is 2.99. The molecule has 1 saturated carbocycles. The number of hydrogen-bond acceptors (Lipinski definition) is 4. The zero-order valence-corrected chi connectivity index (χ0v) is 11.5. The van der Waals surface area contributed by atoms with Crippen molar-refractivity contribution in [2.24, 2.45) is 5.92 Å². The van der Waals surface area contributed by atoms with E-state index in [4.69, 9.17) is 5.11 Å². The summed E-state index contributed by atoms with van der Waals surface area (Å²) >= 11 is 1.23. The lowest BCUT2D eigenvalue weighted by Gasteiger charge is -2.12. The second-order valence-corrected chi connectivity index (χ2v) is 5.62. The summed E-state index contributed by atoms with van der Waals surface area (Å²) in [6.45, 7) is 2.46. The van der Waals surface area contributed by atoms with Crippen molar-refractivity contribution in [1.82, 2.24) is 15.6 Å².